The molecule has 0 atom stereocenters. The van der Waals surface area contributed by atoms with Crippen molar-refractivity contribution in [1.82, 2.24) is 5.32 Å². The van der Waals surface area contributed by atoms with Crippen molar-refractivity contribution in [1.29, 1.82) is 0 Å². The van der Waals surface area contributed by atoms with E-state index >= 15 is 0 Å². The summed E-state index contributed by atoms with van der Waals surface area (Å²) >= 11 is 0. The van der Waals surface area contributed by atoms with Gasteiger partial charge in [-0.15, -0.1) is 0 Å². The molecular formula is C14H23NO. The molecule has 1 rings (SSSR count). The van der Waals surface area contributed by atoms with E-state index in [-0.39, 0.29) is 0 Å². The van der Waals surface area contributed by atoms with E-state index in [0.29, 0.717) is 11.8 Å². The average Bonchev–Trinajstić information content (AvgIpc) is 2.68. The number of hydrogen-bond acceptors (Lipinski definition) is 2. The second kappa shape index (κ2) is 6.54. The Morgan fingerprint density at radius 1 is 1.38 bits per heavy atom. The van der Waals surface area contributed by atoms with Crippen LogP contribution in [0.3, 0.4) is 0 Å². The third-order valence-corrected chi connectivity index (χ3v) is 2.52. The first-order chi connectivity index (χ1) is 7.59. The highest BCUT2D eigenvalue weighted by molar-refractivity contribution is 5.52. The topological polar surface area (TPSA) is 25.2 Å². The summed E-state index contributed by atoms with van der Waals surface area (Å²) in [6.45, 7) is 10.9. The Labute approximate surface area is 98.7 Å². The molecule has 0 aliphatic carbocycles. The predicted molar refractivity (Wildman–Crippen MR) is 69.2 cm³/mol. The van der Waals surface area contributed by atoms with E-state index < -0.39 is 0 Å². The molecule has 0 radical (unpaired) electrons. The standard InChI is InChI=1S/C14H23NO/c1-11(2)8-15-9-14(12(3)4)7-13-5-6-16-10-13/h5-7,10-12,15H,8-9H2,1-4H3. The van der Waals surface area contributed by atoms with Crippen LogP contribution in [0.4, 0.5) is 0 Å². The van der Waals surface area contributed by atoms with Crippen LogP contribution in [-0.4, -0.2) is 13.1 Å². The first-order valence-corrected chi connectivity index (χ1v) is 6.03. The Balaban J connectivity index is 2.54. The lowest BCUT2D eigenvalue weighted by molar-refractivity contribution is 0.558. The molecule has 0 spiro atoms. The van der Waals surface area contributed by atoms with Crippen molar-refractivity contribution in [2.24, 2.45) is 11.8 Å². The molecule has 0 aliphatic heterocycles. The van der Waals surface area contributed by atoms with E-state index in [4.69, 9.17) is 4.42 Å². The molecule has 0 saturated heterocycles. The Morgan fingerprint density at radius 2 is 2.12 bits per heavy atom. The van der Waals surface area contributed by atoms with E-state index in [1.54, 1.807) is 12.5 Å². The lowest BCUT2D eigenvalue weighted by atomic mass is 10.0. The smallest absolute Gasteiger partial charge is 0.0974 e. The van der Waals surface area contributed by atoms with Gasteiger partial charge in [0.2, 0.25) is 0 Å². The zero-order valence-corrected chi connectivity index (χ0v) is 10.8. The van der Waals surface area contributed by atoms with Gasteiger partial charge in [-0.1, -0.05) is 39.3 Å². The quantitative estimate of drug-likeness (QED) is 0.794. The molecule has 1 heterocycles. The van der Waals surface area contributed by atoms with Gasteiger partial charge in [0.15, 0.2) is 0 Å². The molecule has 0 bridgehead atoms. The third-order valence-electron chi connectivity index (χ3n) is 2.52. The summed E-state index contributed by atoms with van der Waals surface area (Å²) in [7, 11) is 0. The molecule has 1 aromatic heterocycles. The van der Waals surface area contributed by atoms with Gasteiger partial charge < -0.3 is 9.73 Å². The highest BCUT2D eigenvalue weighted by Gasteiger charge is 2.04. The molecule has 16 heavy (non-hydrogen) atoms. The summed E-state index contributed by atoms with van der Waals surface area (Å²) in [5.41, 5.74) is 2.57. The van der Waals surface area contributed by atoms with Crippen molar-refractivity contribution in [3.63, 3.8) is 0 Å². The Bertz CT molecular complexity index is 309. The fourth-order valence-corrected chi connectivity index (χ4v) is 1.50. The van der Waals surface area contributed by atoms with Crippen molar-refractivity contribution < 1.29 is 4.42 Å². The van der Waals surface area contributed by atoms with E-state index in [0.717, 1.165) is 18.7 Å². The zero-order chi connectivity index (χ0) is 12.0. The second-order valence-electron chi connectivity index (χ2n) is 4.96. The third kappa shape index (κ3) is 4.67. The SMILES string of the molecule is CC(C)CNCC(=Cc1ccoc1)C(C)C. The molecule has 0 aromatic carbocycles. The lowest BCUT2D eigenvalue weighted by Crippen LogP contribution is -2.23. The first-order valence-electron chi connectivity index (χ1n) is 6.03. The zero-order valence-electron chi connectivity index (χ0n) is 10.8. The lowest BCUT2D eigenvalue weighted by Gasteiger charge is -2.13. The molecule has 2 nitrogen and oxygen atoms in total. The van der Waals surface area contributed by atoms with E-state index in [9.17, 15) is 0 Å². The maximum atomic E-state index is 5.07. The van der Waals surface area contributed by atoms with Crippen molar-refractivity contribution in [2.45, 2.75) is 27.7 Å². The summed E-state index contributed by atoms with van der Waals surface area (Å²) in [6.07, 6.45) is 5.71. The van der Waals surface area contributed by atoms with Gasteiger partial charge in [-0.3, -0.25) is 0 Å². The highest BCUT2D eigenvalue weighted by atomic mass is 16.3. The minimum atomic E-state index is 0.564. The minimum absolute atomic E-state index is 0.564. The number of furan rings is 1. The van der Waals surface area contributed by atoms with Gasteiger partial charge in [0.25, 0.3) is 0 Å². The van der Waals surface area contributed by atoms with Crippen LogP contribution in [0.5, 0.6) is 0 Å². The molecule has 0 fully saturated rings. The summed E-state index contributed by atoms with van der Waals surface area (Å²) in [5.74, 6) is 1.26. The van der Waals surface area contributed by atoms with Crippen LogP contribution in [0.15, 0.2) is 28.6 Å². The van der Waals surface area contributed by atoms with Gasteiger partial charge in [-0.2, -0.15) is 0 Å². The van der Waals surface area contributed by atoms with Gasteiger partial charge >= 0.3 is 0 Å². The highest BCUT2D eigenvalue weighted by Crippen LogP contribution is 2.14. The maximum absolute atomic E-state index is 5.07. The normalized spacial score (nSPS) is 12.8. The van der Waals surface area contributed by atoms with Crippen molar-refractivity contribution in [3.8, 4) is 0 Å². The Hall–Kier alpha value is -1.02. The molecular weight excluding hydrogens is 198 g/mol. The predicted octanol–water partition coefficient (Wildman–Crippen LogP) is 3.56. The van der Waals surface area contributed by atoms with Crippen LogP contribution in [0.25, 0.3) is 6.08 Å². The average molecular weight is 221 g/mol. The van der Waals surface area contributed by atoms with Gasteiger partial charge in [-0.25, -0.2) is 0 Å². The minimum Gasteiger partial charge on any atom is -0.472 e. The fraction of sp³-hybridized carbons (Fsp3) is 0.571. The fourth-order valence-electron chi connectivity index (χ4n) is 1.50. The Morgan fingerprint density at radius 3 is 2.62 bits per heavy atom. The van der Waals surface area contributed by atoms with Gasteiger partial charge in [0, 0.05) is 12.1 Å². The molecule has 0 aliphatic rings. The second-order valence-corrected chi connectivity index (χ2v) is 4.96. The van der Waals surface area contributed by atoms with Crippen LogP contribution in [0.1, 0.15) is 33.3 Å². The van der Waals surface area contributed by atoms with Crippen molar-refractivity contribution in [3.05, 3.63) is 29.7 Å². The van der Waals surface area contributed by atoms with Crippen LogP contribution < -0.4 is 5.32 Å². The molecule has 1 N–H and O–H groups in total. The summed E-state index contributed by atoms with van der Waals surface area (Å²) < 4.78 is 5.07. The van der Waals surface area contributed by atoms with Crippen LogP contribution >= 0.6 is 0 Å². The van der Waals surface area contributed by atoms with E-state index in [1.165, 1.54) is 5.57 Å². The summed E-state index contributed by atoms with van der Waals surface area (Å²) in [6, 6.07) is 1.99. The van der Waals surface area contributed by atoms with Crippen LogP contribution in [0.2, 0.25) is 0 Å². The van der Waals surface area contributed by atoms with Crippen molar-refractivity contribution in [2.75, 3.05) is 13.1 Å². The van der Waals surface area contributed by atoms with Gasteiger partial charge in [0.1, 0.15) is 0 Å². The molecule has 90 valence electrons. The van der Waals surface area contributed by atoms with Crippen LogP contribution in [0, 0.1) is 11.8 Å². The van der Waals surface area contributed by atoms with E-state index in [1.807, 2.05) is 6.07 Å². The maximum Gasteiger partial charge on any atom is 0.0974 e. The first kappa shape index (κ1) is 13.0. The van der Waals surface area contributed by atoms with Crippen molar-refractivity contribution >= 4 is 6.08 Å². The summed E-state index contributed by atoms with van der Waals surface area (Å²) in [4.78, 5) is 0. The molecule has 1 aromatic rings. The molecule has 0 unspecified atom stereocenters. The van der Waals surface area contributed by atoms with E-state index in [2.05, 4.69) is 39.1 Å². The monoisotopic (exact) mass is 221 g/mol. The van der Waals surface area contributed by atoms with Gasteiger partial charge in [0.05, 0.1) is 12.5 Å². The van der Waals surface area contributed by atoms with Crippen LogP contribution in [-0.2, 0) is 0 Å². The molecule has 0 saturated carbocycles. The molecule has 0 amide bonds. The molecule has 2 heteroatoms. The summed E-state index contributed by atoms with van der Waals surface area (Å²) in [5, 5.41) is 3.48. The number of hydrogen-bond donors (Lipinski definition) is 1. The largest absolute Gasteiger partial charge is 0.472 e. The number of nitrogens with one attached hydrogen (secondary N) is 1. The van der Waals surface area contributed by atoms with Gasteiger partial charge in [-0.05, 0) is 24.4 Å². The number of rotatable bonds is 6. The Kier molecular flexibility index (Phi) is 5.33.